The molecule has 2 aliphatic heterocycles. The fraction of sp³-hybridized carbons (Fsp3) is 0.667. The molecule has 172 valence electrons. The fourth-order valence-electron chi connectivity index (χ4n) is 7.39. The summed E-state index contributed by atoms with van der Waals surface area (Å²) in [6.07, 6.45) is 8.09. The molecule has 4 aliphatic carbocycles. The summed E-state index contributed by atoms with van der Waals surface area (Å²) in [5.41, 5.74) is 1.84. The minimum Gasteiger partial charge on any atom is -0.349 e. The van der Waals surface area contributed by atoms with E-state index in [9.17, 15) is 13.2 Å². The summed E-state index contributed by atoms with van der Waals surface area (Å²) in [5, 5.41) is 7.41. The van der Waals surface area contributed by atoms with Crippen LogP contribution in [0.1, 0.15) is 55.8 Å². The molecule has 2 heterocycles. The molecular formula is C24H31N3O3S2. The summed E-state index contributed by atoms with van der Waals surface area (Å²) in [4.78, 5) is 17.5. The first kappa shape index (κ1) is 21.0. The second-order valence-corrected chi connectivity index (χ2v) is 14.3. The van der Waals surface area contributed by atoms with Crippen LogP contribution < -0.4 is 10.6 Å². The van der Waals surface area contributed by atoms with Gasteiger partial charge in [0.15, 0.2) is 15.0 Å². The smallest absolute Gasteiger partial charge is 0.251 e. The van der Waals surface area contributed by atoms with Crippen molar-refractivity contribution in [2.24, 2.45) is 28.2 Å². The van der Waals surface area contributed by atoms with E-state index in [-0.39, 0.29) is 34.7 Å². The molecule has 6 nitrogen and oxygen atoms in total. The van der Waals surface area contributed by atoms with Gasteiger partial charge in [-0.05, 0) is 92.9 Å². The van der Waals surface area contributed by atoms with Gasteiger partial charge in [-0.15, -0.1) is 0 Å². The van der Waals surface area contributed by atoms with Crippen LogP contribution in [0.3, 0.4) is 0 Å². The molecule has 3 atom stereocenters. The van der Waals surface area contributed by atoms with Crippen LogP contribution in [0.15, 0.2) is 29.3 Å². The number of carbonyl (C=O) groups is 1. The average molecular weight is 474 g/mol. The molecular weight excluding hydrogens is 442 g/mol. The van der Waals surface area contributed by atoms with Crippen molar-refractivity contribution in [2.45, 2.75) is 62.8 Å². The Morgan fingerprint density at radius 3 is 2.28 bits per heavy atom. The first-order chi connectivity index (χ1) is 15.3. The van der Waals surface area contributed by atoms with Gasteiger partial charge < -0.3 is 10.6 Å². The van der Waals surface area contributed by atoms with E-state index in [2.05, 4.69) is 22.5 Å². The molecule has 8 heteroatoms. The summed E-state index contributed by atoms with van der Waals surface area (Å²) in [6, 6.07) is 7.59. The average Bonchev–Trinajstić information content (AvgIpc) is 3.19. The van der Waals surface area contributed by atoms with Crippen molar-refractivity contribution in [1.82, 2.24) is 5.32 Å². The number of anilines is 1. The van der Waals surface area contributed by atoms with E-state index in [1.807, 2.05) is 24.3 Å². The molecule has 0 radical (unpaired) electrons. The number of nitrogens with one attached hydrogen (secondary N) is 2. The van der Waals surface area contributed by atoms with Crippen LogP contribution in [0.4, 0.5) is 5.69 Å². The SMILES string of the molecule is CC(NC(=O)c1ccc(NC2=N[C@@H]3CS(=O)(=O)C[C@@H]3S2)cc1)C12CC3CC(CC(C3)C1)C2. The number of rotatable bonds is 4. The van der Waals surface area contributed by atoms with Gasteiger partial charge in [-0.1, -0.05) is 11.8 Å². The van der Waals surface area contributed by atoms with Crippen LogP contribution >= 0.6 is 11.8 Å². The molecule has 0 spiro atoms. The molecule has 5 fully saturated rings. The standard InChI is InChI=1S/C24H31N3O3S2/c1-14(24-9-15-6-16(10-24)8-17(7-15)11-24)25-22(28)18-2-4-19(5-3-18)26-23-27-20-12-32(29,30)13-21(20)31-23/h2-5,14-17,20-21H,6-13H2,1H3,(H,25,28)(H,26,27)/t14?,15?,16?,17?,20-,21+,24?/m1/s1. The Morgan fingerprint density at radius 2 is 1.69 bits per heavy atom. The fourth-order valence-corrected chi connectivity index (χ4v) is 11.1. The number of benzene rings is 1. The minimum atomic E-state index is -2.94. The number of carbonyl (C=O) groups excluding carboxylic acids is 1. The summed E-state index contributed by atoms with van der Waals surface area (Å²) >= 11 is 1.50. The van der Waals surface area contributed by atoms with Crippen LogP contribution in [0.2, 0.25) is 0 Å². The lowest BCUT2D eigenvalue weighted by Crippen LogP contribution is -2.55. The predicted octanol–water partition coefficient (Wildman–Crippen LogP) is 3.70. The molecule has 4 bridgehead atoms. The molecule has 32 heavy (non-hydrogen) atoms. The van der Waals surface area contributed by atoms with E-state index in [1.165, 1.54) is 50.3 Å². The molecule has 1 aromatic carbocycles. The Hall–Kier alpha value is -1.54. The van der Waals surface area contributed by atoms with Gasteiger partial charge in [0.2, 0.25) is 0 Å². The van der Waals surface area contributed by atoms with E-state index in [4.69, 9.17) is 0 Å². The Labute approximate surface area is 194 Å². The number of sulfone groups is 1. The molecule has 6 aliphatic rings. The van der Waals surface area contributed by atoms with E-state index in [0.717, 1.165) is 28.6 Å². The summed E-state index contributed by atoms with van der Waals surface area (Å²) in [5.74, 6) is 2.99. The van der Waals surface area contributed by atoms with Crippen molar-refractivity contribution < 1.29 is 13.2 Å². The lowest BCUT2D eigenvalue weighted by atomic mass is 9.48. The van der Waals surface area contributed by atoms with Gasteiger partial charge in [0.25, 0.3) is 5.91 Å². The molecule has 0 aromatic heterocycles. The number of amides is 1. The van der Waals surface area contributed by atoms with Crippen LogP contribution in [0.5, 0.6) is 0 Å². The number of hydrogen-bond acceptors (Lipinski definition) is 6. The summed E-state index contributed by atoms with van der Waals surface area (Å²) in [7, 11) is -2.94. The van der Waals surface area contributed by atoms with Crippen LogP contribution in [-0.4, -0.2) is 48.3 Å². The second-order valence-electron chi connectivity index (χ2n) is 10.9. The number of amidine groups is 1. The molecule has 1 amide bonds. The number of nitrogens with zero attached hydrogens (tertiary/aromatic N) is 1. The summed E-state index contributed by atoms with van der Waals surface area (Å²) < 4.78 is 23.4. The zero-order chi connectivity index (χ0) is 22.1. The van der Waals surface area contributed by atoms with Gasteiger partial charge in [-0.2, -0.15) is 0 Å². The quantitative estimate of drug-likeness (QED) is 0.696. The van der Waals surface area contributed by atoms with Gasteiger partial charge in [-0.3, -0.25) is 9.79 Å². The van der Waals surface area contributed by atoms with Crippen molar-refractivity contribution >= 4 is 38.4 Å². The maximum Gasteiger partial charge on any atom is 0.251 e. The highest BCUT2D eigenvalue weighted by Crippen LogP contribution is 2.61. The highest BCUT2D eigenvalue weighted by atomic mass is 32.2. The zero-order valence-corrected chi connectivity index (χ0v) is 20.1. The minimum absolute atomic E-state index is 0.00659. The number of thioether (sulfide) groups is 1. The second kappa shape index (κ2) is 7.49. The number of hydrogen-bond donors (Lipinski definition) is 2. The van der Waals surface area contributed by atoms with Crippen molar-refractivity contribution in [3.8, 4) is 0 Å². The first-order valence-electron chi connectivity index (χ1n) is 11.9. The van der Waals surface area contributed by atoms with E-state index >= 15 is 0 Å². The lowest BCUT2D eigenvalue weighted by Gasteiger charge is -2.59. The normalized spacial score (nSPS) is 39.4. The Morgan fingerprint density at radius 1 is 1.06 bits per heavy atom. The predicted molar refractivity (Wildman–Crippen MR) is 129 cm³/mol. The molecule has 1 unspecified atom stereocenters. The molecule has 4 saturated carbocycles. The van der Waals surface area contributed by atoms with Gasteiger partial charge in [-0.25, -0.2) is 8.42 Å². The van der Waals surface area contributed by atoms with Crippen LogP contribution in [0.25, 0.3) is 0 Å². The molecule has 2 N–H and O–H groups in total. The third-order valence-corrected chi connectivity index (χ3v) is 11.7. The molecule has 7 rings (SSSR count). The van der Waals surface area contributed by atoms with Crippen molar-refractivity contribution in [3.63, 3.8) is 0 Å². The third kappa shape index (κ3) is 3.77. The van der Waals surface area contributed by atoms with Gasteiger partial charge >= 0.3 is 0 Å². The highest BCUT2D eigenvalue weighted by Gasteiger charge is 2.53. The molecule has 1 aromatic rings. The maximum atomic E-state index is 13.0. The van der Waals surface area contributed by atoms with Gasteiger partial charge in [0, 0.05) is 22.5 Å². The highest BCUT2D eigenvalue weighted by molar-refractivity contribution is 8.15. The number of fused-ring (bicyclic) bond motifs is 1. The van der Waals surface area contributed by atoms with Gasteiger partial charge in [0.05, 0.1) is 17.5 Å². The van der Waals surface area contributed by atoms with Crippen LogP contribution in [0, 0.1) is 23.2 Å². The third-order valence-electron chi connectivity index (χ3n) is 8.57. The lowest BCUT2D eigenvalue weighted by molar-refractivity contribution is -0.0688. The Balaban J connectivity index is 1.08. The molecule has 1 saturated heterocycles. The van der Waals surface area contributed by atoms with Crippen LogP contribution in [-0.2, 0) is 9.84 Å². The topological polar surface area (TPSA) is 87.6 Å². The first-order valence-corrected chi connectivity index (χ1v) is 14.6. The largest absolute Gasteiger partial charge is 0.349 e. The van der Waals surface area contributed by atoms with E-state index < -0.39 is 9.84 Å². The maximum absolute atomic E-state index is 13.0. The monoisotopic (exact) mass is 473 g/mol. The van der Waals surface area contributed by atoms with Gasteiger partial charge in [0.1, 0.15) is 0 Å². The number of aliphatic imine (C=N–C) groups is 1. The zero-order valence-electron chi connectivity index (χ0n) is 18.4. The van der Waals surface area contributed by atoms with E-state index in [0.29, 0.717) is 11.0 Å². The van der Waals surface area contributed by atoms with E-state index in [1.54, 1.807) is 0 Å². The summed E-state index contributed by atoms with van der Waals surface area (Å²) in [6.45, 7) is 2.22. The van der Waals surface area contributed by atoms with Crippen molar-refractivity contribution in [2.75, 3.05) is 16.8 Å². The van der Waals surface area contributed by atoms with Crippen molar-refractivity contribution in [3.05, 3.63) is 29.8 Å². The van der Waals surface area contributed by atoms with Crippen molar-refractivity contribution in [1.29, 1.82) is 0 Å². The Bertz CT molecular complexity index is 1030. The Kier molecular flexibility index (Phi) is 4.92.